The predicted octanol–water partition coefficient (Wildman–Crippen LogP) is 2.59. The number of nitrogens with one attached hydrogen (secondary N) is 2. The van der Waals surface area contributed by atoms with Crippen molar-refractivity contribution in [1.82, 2.24) is 10.2 Å². The van der Waals surface area contributed by atoms with Crippen molar-refractivity contribution < 1.29 is 14.4 Å². The number of hydrogen-bond acceptors (Lipinski definition) is 4. The summed E-state index contributed by atoms with van der Waals surface area (Å²) in [4.78, 5) is 38.1. The molecule has 2 aromatic rings. The molecule has 1 aromatic carbocycles. The van der Waals surface area contributed by atoms with Crippen LogP contribution in [-0.4, -0.2) is 29.3 Å². The van der Waals surface area contributed by atoms with Crippen LogP contribution in [0.1, 0.15) is 10.4 Å². The van der Waals surface area contributed by atoms with Crippen molar-refractivity contribution in [2.24, 2.45) is 0 Å². The molecule has 0 bridgehead atoms. The molecule has 122 valence electrons. The normalized spacial score (nSPS) is 15.7. The van der Waals surface area contributed by atoms with Crippen LogP contribution in [0.3, 0.4) is 0 Å². The van der Waals surface area contributed by atoms with E-state index >= 15 is 0 Å². The molecule has 2 heterocycles. The average molecular weight is 341 g/mol. The van der Waals surface area contributed by atoms with Gasteiger partial charge < -0.3 is 10.6 Å². The molecule has 4 amide bonds. The van der Waals surface area contributed by atoms with Gasteiger partial charge in [-0.2, -0.15) is 0 Å². The predicted molar refractivity (Wildman–Crippen MR) is 92.3 cm³/mol. The number of carbonyl (C=O) groups excluding carboxylic acids is 3. The lowest BCUT2D eigenvalue weighted by Gasteiger charge is -2.12. The fourth-order valence-electron chi connectivity index (χ4n) is 2.30. The number of thiophene rings is 1. The number of benzene rings is 1. The zero-order valence-electron chi connectivity index (χ0n) is 12.9. The second-order valence-corrected chi connectivity index (χ2v) is 6.29. The van der Waals surface area contributed by atoms with Gasteiger partial charge in [0.05, 0.1) is 0 Å². The zero-order chi connectivity index (χ0) is 17.1. The zero-order valence-corrected chi connectivity index (χ0v) is 13.7. The van der Waals surface area contributed by atoms with Crippen molar-refractivity contribution in [3.8, 4) is 0 Å². The first-order chi connectivity index (χ1) is 11.5. The minimum absolute atomic E-state index is 0.172. The minimum Gasteiger partial charge on any atom is -0.325 e. The van der Waals surface area contributed by atoms with Crippen molar-refractivity contribution in [2.75, 3.05) is 11.9 Å². The van der Waals surface area contributed by atoms with Crippen LogP contribution >= 0.6 is 11.3 Å². The highest BCUT2D eigenvalue weighted by Crippen LogP contribution is 2.17. The van der Waals surface area contributed by atoms with Crippen LogP contribution < -0.4 is 10.6 Å². The quantitative estimate of drug-likeness (QED) is 0.663. The monoisotopic (exact) mass is 341 g/mol. The third kappa shape index (κ3) is 3.52. The van der Waals surface area contributed by atoms with Gasteiger partial charge in [-0.1, -0.05) is 18.2 Å². The van der Waals surface area contributed by atoms with Crippen LogP contribution in [0.25, 0.3) is 6.08 Å². The maximum atomic E-state index is 12.3. The Bertz CT molecular complexity index is 827. The fraction of sp³-hybridized carbons (Fsp3) is 0.118. The lowest BCUT2D eigenvalue weighted by Crippen LogP contribution is -2.38. The molecule has 0 atom stereocenters. The van der Waals surface area contributed by atoms with Crippen LogP contribution in [0.2, 0.25) is 0 Å². The van der Waals surface area contributed by atoms with Gasteiger partial charge in [-0.05, 0) is 42.1 Å². The molecular weight excluding hydrogens is 326 g/mol. The minimum atomic E-state index is -0.595. The summed E-state index contributed by atoms with van der Waals surface area (Å²) < 4.78 is 0. The maximum absolute atomic E-state index is 12.3. The van der Waals surface area contributed by atoms with Gasteiger partial charge in [0.15, 0.2) is 0 Å². The van der Waals surface area contributed by atoms with Gasteiger partial charge in [-0.15, -0.1) is 11.3 Å². The standard InChI is InChI=1S/C17H15N3O3S/c1-11-4-2-5-12(8-11)18-15(21)10-20-16(22)14(19-17(20)23)9-13-6-3-7-24-13/h2-9H,10H2,1H3,(H,18,21)(H,19,23). The Morgan fingerprint density at radius 3 is 2.83 bits per heavy atom. The van der Waals surface area contributed by atoms with Crippen LogP contribution in [0.4, 0.5) is 10.5 Å². The van der Waals surface area contributed by atoms with Gasteiger partial charge >= 0.3 is 6.03 Å². The summed E-state index contributed by atoms with van der Waals surface area (Å²) in [5.41, 5.74) is 1.80. The highest BCUT2D eigenvalue weighted by molar-refractivity contribution is 7.10. The summed E-state index contributed by atoms with van der Waals surface area (Å²) in [5, 5.41) is 7.05. The largest absolute Gasteiger partial charge is 0.329 e. The first-order valence-corrected chi connectivity index (χ1v) is 8.15. The van der Waals surface area contributed by atoms with Crippen molar-refractivity contribution in [3.05, 3.63) is 57.9 Å². The lowest BCUT2D eigenvalue weighted by molar-refractivity contribution is -0.127. The molecule has 0 aliphatic carbocycles. The third-order valence-corrected chi connectivity index (χ3v) is 4.21. The van der Waals surface area contributed by atoms with Crippen molar-refractivity contribution >= 4 is 40.9 Å². The van der Waals surface area contributed by atoms with Gasteiger partial charge in [-0.3, -0.25) is 9.59 Å². The number of amides is 4. The van der Waals surface area contributed by atoms with Gasteiger partial charge in [0.1, 0.15) is 12.2 Å². The summed E-state index contributed by atoms with van der Waals surface area (Å²) in [5.74, 6) is -0.936. The average Bonchev–Trinajstić information content (AvgIpc) is 3.12. The molecule has 7 heteroatoms. The fourth-order valence-corrected chi connectivity index (χ4v) is 2.96. The number of urea groups is 1. The van der Waals surface area contributed by atoms with E-state index in [0.29, 0.717) is 5.69 Å². The molecule has 1 saturated heterocycles. The summed E-state index contributed by atoms with van der Waals surface area (Å²) in [6, 6.07) is 10.4. The van der Waals surface area contributed by atoms with E-state index in [1.165, 1.54) is 11.3 Å². The number of anilines is 1. The Hall–Kier alpha value is -2.93. The molecule has 1 aromatic heterocycles. The van der Waals surface area contributed by atoms with E-state index in [1.54, 1.807) is 12.1 Å². The van der Waals surface area contributed by atoms with Gasteiger partial charge in [0.25, 0.3) is 5.91 Å². The lowest BCUT2D eigenvalue weighted by atomic mass is 10.2. The Morgan fingerprint density at radius 2 is 2.12 bits per heavy atom. The van der Waals surface area contributed by atoms with E-state index in [1.807, 2.05) is 42.6 Å². The molecule has 1 aliphatic rings. The molecule has 1 fully saturated rings. The number of rotatable bonds is 4. The first-order valence-electron chi connectivity index (χ1n) is 7.27. The Morgan fingerprint density at radius 1 is 1.29 bits per heavy atom. The molecule has 0 saturated carbocycles. The number of imide groups is 1. The molecule has 3 rings (SSSR count). The van der Waals surface area contributed by atoms with E-state index in [2.05, 4.69) is 10.6 Å². The molecule has 6 nitrogen and oxygen atoms in total. The van der Waals surface area contributed by atoms with Crippen molar-refractivity contribution in [3.63, 3.8) is 0 Å². The van der Waals surface area contributed by atoms with Gasteiger partial charge in [0.2, 0.25) is 5.91 Å². The smallest absolute Gasteiger partial charge is 0.325 e. The number of aryl methyl sites for hydroxylation is 1. The van der Waals surface area contributed by atoms with Crippen molar-refractivity contribution in [1.29, 1.82) is 0 Å². The van der Waals surface area contributed by atoms with Crippen LogP contribution in [-0.2, 0) is 9.59 Å². The van der Waals surface area contributed by atoms with E-state index in [0.717, 1.165) is 15.3 Å². The molecular formula is C17H15N3O3S. The maximum Gasteiger partial charge on any atom is 0.329 e. The number of nitrogens with zero attached hydrogens (tertiary/aromatic N) is 1. The second-order valence-electron chi connectivity index (χ2n) is 5.31. The topological polar surface area (TPSA) is 78.5 Å². The summed E-state index contributed by atoms with van der Waals surface area (Å²) >= 11 is 1.45. The van der Waals surface area contributed by atoms with E-state index < -0.39 is 17.8 Å². The van der Waals surface area contributed by atoms with E-state index in [4.69, 9.17) is 0 Å². The SMILES string of the molecule is Cc1cccc(NC(=O)CN2C(=O)NC(=Cc3cccs3)C2=O)c1. The highest BCUT2D eigenvalue weighted by atomic mass is 32.1. The first kappa shape index (κ1) is 15.9. The Labute approximate surface area is 142 Å². The molecule has 0 radical (unpaired) electrons. The molecule has 24 heavy (non-hydrogen) atoms. The van der Waals surface area contributed by atoms with E-state index in [9.17, 15) is 14.4 Å². The number of carbonyl (C=O) groups is 3. The van der Waals surface area contributed by atoms with Crippen LogP contribution in [0, 0.1) is 6.92 Å². The summed E-state index contributed by atoms with van der Waals surface area (Å²) in [7, 11) is 0. The van der Waals surface area contributed by atoms with E-state index in [-0.39, 0.29) is 12.2 Å². The summed E-state index contributed by atoms with van der Waals surface area (Å²) in [6.45, 7) is 1.58. The Kier molecular flexibility index (Phi) is 4.43. The van der Waals surface area contributed by atoms with Gasteiger partial charge in [-0.25, -0.2) is 9.69 Å². The Balaban J connectivity index is 1.67. The molecule has 0 spiro atoms. The van der Waals surface area contributed by atoms with Gasteiger partial charge in [0, 0.05) is 10.6 Å². The number of hydrogen-bond donors (Lipinski definition) is 2. The van der Waals surface area contributed by atoms with Crippen molar-refractivity contribution in [2.45, 2.75) is 6.92 Å². The highest BCUT2D eigenvalue weighted by Gasteiger charge is 2.34. The molecule has 0 unspecified atom stereocenters. The second kappa shape index (κ2) is 6.67. The summed E-state index contributed by atoms with van der Waals surface area (Å²) in [6.07, 6.45) is 1.60. The van der Waals surface area contributed by atoms with Crippen LogP contribution in [0.15, 0.2) is 47.5 Å². The molecule has 2 N–H and O–H groups in total. The third-order valence-electron chi connectivity index (χ3n) is 3.40. The van der Waals surface area contributed by atoms with Crippen LogP contribution in [0.5, 0.6) is 0 Å². The molecule has 1 aliphatic heterocycles.